The van der Waals surface area contributed by atoms with Gasteiger partial charge in [-0.2, -0.15) is 0 Å². The van der Waals surface area contributed by atoms with Crippen molar-refractivity contribution in [2.24, 2.45) is 0 Å². The molecule has 4 heteroatoms. The SMILES string of the molecule is CCC(C)c1ccnc2cc(-c3ccc(C=O)cn3)sc12. The molecule has 3 nitrogen and oxygen atoms in total. The molecule has 3 aromatic rings. The zero-order chi connectivity index (χ0) is 14.8. The van der Waals surface area contributed by atoms with Crippen LogP contribution in [0.4, 0.5) is 0 Å². The molecule has 0 amide bonds. The summed E-state index contributed by atoms with van der Waals surface area (Å²) in [5.41, 5.74) is 3.86. The van der Waals surface area contributed by atoms with Gasteiger partial charge in [-0.1, -0.05) is 13.8 Å². The predicted octanol–water partition coefficient (Wildman–Crippen LogP) is 4.68. The van der Waals surface area contributed by atoms with E-state index in [1.54, 1.807) is 23.6 Å². The van der Waals surface area contributed by atoms with Crippen molar-refractivity contribution >= 4 is 27.8 Å². The van der Waals surface area contributed by atoms with E-state index in [0.29, 0.717) is 11.5 Å². The smallest absolute Gasteiger partial charge is 0.151 e. The van der Waals surface area contributed by atoms with Crippen molar-refractivity contribution in [3.8, 4) is 10.6 Å². The molecular formula is C17H16N2OS. The number of rotatable bonds is 4. The number of hydrogen-bond donors (Lipinski definition) is 0. The Morgan fingerprint density at radius 1 is 1.29 bits per heavy atom. The molecule has 0 fully saturated rings. The van der Waals surface area contributed by atoms with Crippen LogP contribution >= 0.6 is 11.3 Å². The van der Waals surface area contributed by atoms with Crippen molar-refractivity contribution in [3.63, 3.8) is 0 Å². The van der Waals surface area contributed by atoms with Gasteiger partial charge in [0.15, 0.2) is 6.29 Å². The lowest BCUT2D eigenvalue weighted by Crippen LogP contribution is -1.91. The van der Waals surface area contributed by atoms with Gasteiger partial charge in [0, 0.05) is 18.0 Å². The molecule has 1 unspecified atom stereocenters. The van der Waals surface area contributed by atoms with E-state index < -0.39 is 0 Å². The summed E-state index contributed by atoms with van der Waals surface area (Å²) in [6.07, 6.45) is 5.40. The van der Waals surface area contributed by atoms with Crippen molar-refractivity contribution in [2.45, 2.75) is 26.2 Å². The molecule has 0 aliphatic rings. The Kier molecular flexibility index (Phi) is 3.80. The van der Waals surface area contributed by atoms with Crippen molar-refractivity contribution in [1.82, 2.24) is 9.97 Å². The molecule has 0 radical (unpaired) electrons. The fourth-order valence-electron chi connectivity index (χ4n) is 2.31. The van der Waals surface area contributed by atoms with E-state index in [0.717, 1.165) is 28.8 Å². The molecule has 0 saturated heterocycles. The summed E-state index contributed by atoms with van der Waals surface area (Å²) in [6, 6.07) is 7.87. The highest BCUT2D eigenvalue weighted by atomic mass is 32.1. The van der Waals surface area contributed by atoms with Gasteiger partial charge >= 0.3 is 0 Å². The Morgan fingerprint density at radius 2 is 2.14 bits per heavy atom. The number of aldehydes is 1. The molecule has 3 heterocycles. The van der Waals surface area contributed by atoms with Gasteiger partial charge in [-0.15, -0.1) is 11.3 Å². The van der Waals surface area contributed by atoms with Gasteiger partial charge in [0.05, 0.1) is 20.8 Å². The average Bonchev–Trinajstić information content (AvgIpc) is 2.98. The topological polar surface area (TPSA) is 42.9 Å². The number of pyridine rings is 2. The van der Waals surface area contributed by atoms with Crippen LogP contribution in [-0.4, -0.2) is 16.3 Å². The number of nitrogens with zero attached hydrogens (tertiary/aromatic N) is 2. The van der Waals surface area contributed by atoms with Crippen LogP contribution in [0, 0.1) is 0 Å². The van der Waals surface area contributed by atoms with Gasteiger partial charge in [-0.3, -0.25) is 14.8 Å². The van der Waals surface area contributed by atoms with E-state index in [1.807, 2.05) is 12.3 Å². The summed E-state index contributed by atoms with van der Waals surface area (Å²) >= 11 is 1.72. The first-order valence-corrected chi connectivity index (χ1v) is 7.84. The van der Waals surface area contributed by atoms with Crippen LogP contribution < -0.4 is 0 Å². The van der Waals surface area contributed by atoms with Gasteiger partial charge in [0.1, 0.15) is 0 Å². The molecule has 0 aliphatic heterocycles. The van der Waals surface area contributed by atoms with Crippen molar-refractivity contribution in [2.75, 3.05) is 0 Å². The van der Waals surface area contributed by atoms with Crippen LogP contribution in [0.1, 0.15) is 42.1 Å². The van der Waals surface area contributed by atoms with E-state index >= 15 is 0 Å². The number of hydrogen-bond acceptors (Lipinski definition) is 4. The molecule has 0 bridgehead atoms. The van der Waals surface area contributed by atoms with Gasteiger partial charge in [0.25, 0.3) is 0 Å². The molecule has 0 N–H and O–H groups in total. The fourth-order valence-corrected chi connectivity index (χ4v) is 3.53. The standard InChI is InChI=1S/C17H16N2OS/c1-3-11(2)13-6-7-18-15-8-16(21-17(13)15)14-5-4-12(10-20)9-19-14/h4-11H,3H2,1-2H3. The maximum atomic E-state index is 10.7. The second kappa shape index (κ2) is 5.74. The van der Waals surface area contributed by atoms with Crippen LogP contribution in [0.15, 0.2) is 36.7 Å². The zero-order valence-corrected chi connectivity index (χ0v) is 12.9. The molecule has 0 saturated carbocycles. The normalized spacial score (nSPS) is 12.5. The summed E-state index contributed by atoms with van der Waals surface area (Å²) in [7, 11) is 0. The van der Waals surface area contributed by atoms with Gasteiger partial charge < -0.3 is 0 Å². The molecular weight excluding hydrogens is 280 g/mol. The van der Waals surface area contributed by atoms with Crippen molar-refractivity contribution in [1.29, 1.82) is 0 Å². The highest BCUT2D eigenvalue weighted by Gasteiger charge is 2.13. The number of carbonyl (C=O) groups is 1. The van der Waals surface area contributed by atoms with E-state index in [-0.39, 0.29) is 0 Å². The maximum Gasteiger partial charge on any atom is 0.151 e. The lowest BCUT2D eigenvalue weighted by molar-refractivity contribution is 0.112. The van der Waals surface area contributed by atoms with Gasteiger partial charge in [0.2, 0.25) is 0 Å². The minimum absolute atomic E-state index is 0.521. The van der Waals surface area contributed by atoms with Gasteiger partial charge in [-0.25, -0.2) is 0 Å². The summed E-state index contributed by atoms with van der Waals surface area (Å²) in [5, 5.41) is 0. The molecule has 3 aromatic heterocycles. The minimum atomic E-state index is 0.521. The third-order valence-electron chi connectivity index (χ3n) is 3.76. The first-order chi connectivity index (χ1) is 10.2. The Balaban J connectivity index is 2.09. The molecule has 0 aliphatic carbocycles. The summed E-state index contributed by atoms with van der Waals surface area (Å²) in [5.74, 6) is 0.521. The Hall–Kier alpha value is -2.07. The van der Waals surface area contributed by atoms with Gasteiger partial charge in [-0.05, 0) is 42.2 Å². The number of carbonyl (C=O) groups excluding carboxylic acids is 1. The van der Waals surface area contributed by atoms with E-state index in [1.165, 1.54) is 10.3 Å². The Labute approximate surface area is 127 Å². The lowest BCUT2D eigenvalue weighted by atomic mass is 9.99. The average molecular weight is 296 g/mol. The molecule has 21 heavy (non-hydrogen) atoms. The Bertz CT molecular complexity index is 777. The third-order valence-corrected chi connectivity index (χ3v) is 4.96. The minimum Gasteiger partial charge on any atom is -0.298 e. The second-order valence-corrected chi connectivity index (χ2v) is 6.18. The van der Waals surface area contributed by atoms with Crippen molar-refractivity contribution < 1.29 is 4.79 Å². The van der Waals surface area contributed by atoms with E-state index in [2.05, 4.69) is 35.9 Å². The third kappa shape index (κ3) is 2.59. The second-order valence-electron chi connectivity index (χ2n) is 5.13. The summed E-state index contributed by atoms with van der Waals surface area (Å²) in [4.78, 5) is 20.6. The summed E-state index contributed by atoms with van der Waals surface area (Å²) in [6.45, 7) is 4.44. The molecule has 3 rings (SSSR count). The first kappa shape index (κ1) is 13.9. The largest absolute Gasteiger partial charge is 0.298 e. The first-order valence-electron chi connectivity index (χ1n) is 7.03. The van der Waals surface area contributed by atoms with Crippen LogP contribution in [0.5, 0.6) is 0 Å². The van der Waals surface area contributed by atoms with Crippen LogP contribution in [0.2, 0.25) is 0 Å². The van der Waals surface area contributed by atoms with Crippen LogP contribution in [0.3, 0.4) is 0 Å². The van der Waals surface area contributed by atoms with Crippen LogP contribution in [0.25, 0.3) is 20.8 Å². The molecule has 1 atom stereocenters. The zero-order valence-electron chi connectivity index (χ0n) is 12.0. The fraction of sp³-hybridized carbons (Fsp3) is 0.235. The molecule has 0 aromatic carbocycles. The summed E-state index contributed by atoms with van der Waals surface area (Å²) < 4.78 is 1.24. The molecule has 0 spiro atoms. The number of thiophene rings is 1. The van der Waals surface area contributed by atoms with Crippen LogP contribution in [-0.2, 0) is 0 Å². The van der Waals surface area contributed by atoms with E-state index in [4.69, 9.17) is 0 Å². The Morgan fingerprint density at radius 3 is 2.81 bits per heavy atom. The lowest BCUT2D eigenvalue weighted by Gasteiger charge is -2.08. The number of fused-ring (bicyclic) bond motifs is 1. The number of aromatic nitrogens is 2. The predicted molar refractivity (Wildman–Crippen MR) is 86.9 cm³/mol. The maximum absolute atomic E-state index is 10.7. The highest BCUT2D eigenvalue weighted by molar-refractivity contribution is 7.22. The monoisotopic (exact) mass is 296 g/mol. The highest BCUT2D eigenvalue weighted by Crippen LogP contribution is 2.36. The van der Waals surface area contributed by atoms with E-state index in [9.17, 15) is 4.79 Å². The molecule has 106 valence electrons. The van der Waals surface area contributed by atoms with Crippen molar-refractivity contribution in [3.05, 3.63) is 47.8 Å². The quantitative estimate of drug-likeness (QED) is 0.656.